The van der Waals surface area contributed by atoms with Gasteiger partial charge in [-0.05, 0) is 25.8 Å². The summed E-state index contributed by atoms with van der Waals surface area (Å²) < 4.78 is 5.66. The van der Waals surface area contributed by atoms with Gasteiger partial charge >= 0.3 is 0 Å². The van der Waals surface area contributed by atoms with Gasteiger partial charge in [0, 0.05) is 20.0 Å². The molecule has 0 atom stereocenters. The third-order valence-corrected chi connectivity index (χ3v) is 2.61. The lowest BCUT2D eigenvalue weighted by Crippen LogP contribution is -2.21. The summed E-state index contributed by atoms with van der Waals surface area (Å²) in [6.45, 7) is 1.63. The van der Waals surface area contributed by atoms with E-state index in [1.165, 1.54) is 6.42 Å². The van der Waals surface area contributed by atoms with Crippen LogP contribution >= 0.6 is 0 Å². The van der Waals surface area contributed by atoms with E-state index >= 15 is 0 Å². The normalized spacial score (nSPS) is 14.4. The van der Waals surface area contributed by atoms with E-state index in [0.717, 1.165) is 43.3 Å². The van der Waals surface area contributed by atoms with Crippen molar-refractivity contribution >= 4 is 6.01 Å². The van der Waals surface area contributed by atoms with Gasteiger partial charge in [-0.1, -0.05) is 0 Å². The van der Waals surface area contributed by atoms with E-state index in [1.807, 2.05) is 11.9 Å². The van der Waals surface area contributed by atoms with Crippen molar-refractivity contribution in [3.63, 3.8) is 0 Å². The third kappa shape index (κ3) is 1.75. The van der Waals surface area contributed by atoms with Gasteiger partial charge in [0.25, 0.3) is 6.01 Å². The summed E-state index contributed by atoms with van der Waals surface area (Å²) in [4.78, 5) is 6.49. The maximum atomic E-state index is 5.66. The summed E-state index contributed by atoms with van der Waals surface area (Å²) in [6, 6.07) is 0.753. The standard InChI is InChI=1S/C10H17N3O/c1-13(7-3-6-11)10-12-8-4-2-5-9(8)14-10/h2-7,11H2,1H3. The highest BCUT2D eigenvalue weighted by Crippen LogP contribution is 2.25. The Bertz CT molecular complexity index is 287. The lowest BCUT2D eigenvalue weighted by molar-refractivity contribution is 0.500. The summed E-state index contributed by atoms with van der Waals surface area (Å²) in [5.41, 5.74) is 6.60. The number of rotatable bonds is 4. The molecule has 0 bridgehead atoms. The van der Waals surface area contributed by atoms with Crippen molar-refractivity contribution in [3.8, 4) is 0 Å². The maximum Gasteiger partial charge on any atom is 0.297 e. The Morgan fingerprint density at radius 2 is 2.36 bits per heavy atom. The van der Waals surface area contributed by atoms with Crippen molar-refractivity contribution in [1.82, 2.24) is 4.98 Å². The molecule has 1 aliphatic rings. The molecular weight excluding hydrogens is 178 g/mol. The topological polar surface area (TPSA) is 55.3 Å². The van der Waals surface area contributed by atoms with Crippen molar-refractivity contribution in [2.45, 2.75) is 25.7 Å². The zero-order valence-corrected chi connectivity index (χ0v) is 8.62. The second-order valence-electron chi connectivity index (χ2n) is 3.78. The van der Waals surface area contributed by atoms with Crippen LogP contribution in [0.3, 0.4) is 0 Å². The highest BCUT2D eigenvalue weighted by Gasteiger charge is 2.19. The van der Waals surface area contributed by atoms with Gasteiger partial charge in [-0.3, -0.25) is 0 Å². The first-order valence-corrected chi connectivity index (χ1v) is 5.21. The molecule has 1 aromatic rings. The maximum absolute atomic E-state index is 5.66. The van der Waals surface area contributed by atoms with Gasteiger partial charge in [0.2, 0.25) is 0 Å². The smallest absolute Gasteiger partial charge is 0.297 e. The van der Waals surface area contributed by atoms with Crippen LogP contribution < -0.4 is 10.6 Å². The zero-order chi connectivity index (χ0) is 9.97. The molecule has 14 heavy (non-hydrogen) atoms. The van der Waals surface area contributed by atoms with Crippen LogP contribution in [0.5, 0.6) is 0 Å². The minimum atomic E-state index is 0.713. The molecule has 0 aromatic carbocycles. The van der Waals surface area contributed by atoms with Crippen LogP contribution in [-0.4, -0.2) is 25.1 Å². The van der Waals surface area contributed by atoms with E-state index in [2.05, 4.69) is 4.98 Å². The lowest BCUT2D eigenvalue weighted by Gasteiger charge is -2.13. The van der Waals surface area contributed by atoms with Crippen LogP contribution in [0.2, 0.25) is 0 Å². The number of nitrogens with two attached hydrogens (primary N) is 1. The highest BCUT2D eigenvalue weighted by atomic mass is 16.4. The first-order chi connectivity index (χ1) is 6.81. The number of fused-ring (bicyclic) bond motifs is 1. The molecule has 4 heteroatoms. The van der Waals surface area contributed by atoms with E-state index in [-0.39, 0.29) is 0 Å². The van der Waals surface area contributed by atoms with E-state index in [9.17, 15) is 0 Å². The second kappa shape index (κ2) is 4.00. The Hall–Kier alpha value is -1.03. The molecular formula is C10H17N3O. The monoisotopic (exact) mass is 195 g/mol. The molecule has 0 spiro atoms. The molecule has 2 N–H and O–H groups in total. The molecule has 2 rings (SSSR count). The van der Waals surface area contributed by atoms with Crippen LogP contribution in [0.25, 0.3) is 0 Å². The minimum Gasteiger partial charge on any atom is -0.428 e. The Labute approximate surface area is 84.1 Å². The quantitative estimate of drug-likeness (QED) is 0.777. The van der Waals surface area contributed by atoms with Crippen molar-refractivity contribution in [2.75, 3.05) is 25.0 Å². The molecule has 0 saturated heterocycles. The lowest BCUT2D eigenvalue weighted by atomic mass is 10.4. The van der Waals surface area contributed by atoms with Crippen molar-refractivity contribution in [2.24, 2.45) is 5.73 Å². The number of nitrogens with zero attached hydrogens (tertiary/aromatic N) is 2. The van der Waals surface area contributed by atoms with Crippen LogP contribution in [0.1, 0.15) is 24.3 Å². The fourth-order valence-corrected chi connectivity index (χ4v) is 1.76. The summed E-state index contributed by atoms with van der Waals surface area (Å²) in [7, 11) is 2.00. The average Bonchev–Trinajstić information content (AvgIpc) is 2.72. The summed E-state index contributed by atoms with van der Waals surface area (Å²) >= 11 is 0. The van der Waals surface area contributed by atoms with Crippen molar-refractivity contribution < 1.29 is 4.42 Å². The van der Waals surface area contributed by atoms with Crippen LogP contribution in [0, 0.1) is 0 Å². The van der Waals surface area contributed by atoms with Crippen LogP contribution in [-0.2, 0) is 12.8 Å². The molecule has 0 fully saturated rings. The molecule has 1 heterocycles. The second-order valence-corrected chi connectivity index (χ2v) is 3.78. The van der Waals surface area contributed by atoms with Crippen LogP contribution in [0.4, 0.5) is 6.01 Å². The third-order valence-electron chi connectivity index (χ3n) is 2.61. The SMILES string of the molecule is CN(CCCN)c1nc2c(o1)CCC2. The molecule has 0 amide bonds. The van der Waals surface area contributed by atoms with Crippen molar-refractivity contribution in [1.29, 1.82) is 0 Å². The van der Waals surface area contributed by atoms with E-state index in [0.29, 0.717) is 6.54 Å². The Morgan fingerprint density at radius 3 is 3.07 bits per heavy atom. The average molecular weight is 195 g/mol. The van der Waals surface area contributed by atoms with Gasteiger partial charge in [-0.25, -0.2) is 0 Å². The van der Waals surface area contributed by atoms with Gasteiger partial charge in [-0.2, -0.15) is 4.98 Å². The zero-order valence-electron chi connectivity index (χ0n) is 8.62. The number of hydrogen-bond donors (Lipinski definition) is 1. The first-order valence-electron chi connectivity index (χ1n) is 5.21. The number of oxazole rings is 1. The number of aryl methyl sites for hydroxylation is 2. The van der Waals surface area contributed by atoms with Gasteiger partial charge in [0.1, 0.15) is 5.76 Å². The fraction of sp³-hybridized carbons (Fsp3) is 0.700. The Morgan fingerprint density at radius 1 is 1.50 bits per heavy atom. The number of hydrogen-bond acceptors (Lipinski definition) is 4. The molecule has 0 aliphatic heterocycles. The molecule has 0 unspecified atom stereocenters. The Kier molecular flexibility index (Phi) is 2.72. The molecule has 1 aliphatic carbocycles. The highest BCUT2D eigenvalue weighted by molar-refractivity contribution is 5.30. The molecule has 1 aromatic heterocycles. The van der Waals surface area contributed by atoms with E-state index < -0.39 is 0 Å². The van der Waals surface area contributed by atoms with Gasteiger partial charge in [0.15, 0.2) is 0 Å². The fourth-order valence-electron chi connectivity index (χ4n) is 1.76. The predicted octanol–water partition coefficient (Wildman–Crippen LogP) is 0.948. The summed E-state index contributed by atoms with van der Waals surface area (Å²) in [5.74, 6) is 1.08. The van der Waals surface area contributed by atoms with E-state index in [4.69, 9.17) is 10.2 Å². The van der Waals surface area contributed by atoms with Crippen LogP contribution in [0.15, 0.2) is 4.42 Å². The van der Waals surface area contributed by atoms with Gasteiger partial charge in [0.05, 0.1) is 5.69 Å². The number of aromatic nitrogens is 1. The van der Waals surface area contributed by atoms with Gasteiger partial charge < -0.3 is 15.1 Å². The predicted molar refractivity (Wildman–Crippen MR) is 55.5 cm³/mol. The summed E-state index contributed by atoms with van der Waals surface area (Å²) in [5, 5.41) is 0. The number of anilines is 1. The molecule has 78 valence electrons. The summed E-state index contributed by atoms with van der Waals surface area (Å²) in [6.07, 6.45) is 4.29. The molecule has 0 radical (unpaired) electrons. The first kappa shape index (κ1) is 9.52. The van der Waals surface area contributed by atoms with E-state index in [1.54, 1.807) is 0 Å². The largest absolute Gasteiger partial charge is 0.428 e. The van der Waals surface area contributed by atoms with Crippen molar-refractivity contribution in [3.05, 3.63) is 11.5 Å². The minimum absolute atomic E-state index is 0.713. The Balaban J connectivity index is 2.02. The molecule has 0 saturated carbocycles. The van der Waals surface area contributed by atoms with Gasteiger partial charge in [-0.15, -0.1) is 0 Å². The molecule has 4 nitrogen and oxygen atoms in total.